The first-order valence-electron chi connectivity index (χ1n) is 13.4. The Morgan fingerprint density at radius 1 is 1.18 bits per heavy atom. The number of nitrogens with zero attached hydrogens (tertiary/aromatic N) is 4. The summed E-state index contributed by atoms with van der Waals surface area (Å²) in [5.41, 5.74) is 2.35. The molecule has 1 unspecified atom stereocenters. The van der Waals surface area contributed by atoms with Crippen LogP contribution < -0.4 is 10.6 Å². The van der Waals surface area contributed by atoms with Crippen molar-refractivity contribution < 1.29 is 19.4 Å². The number of nitrogens with one attached hydrogen (secondary N) is 2. The molecule has 38 heavy (non-hydrogen) atoms. The standard InChI is InChI=1S/C27H40N6O4Si/c1-18(30-27(35)36)19-6-8-20(9-7-19)26(34)31-22-10-11-28-24-21(22)16-23(25-29-12-13-32(25)2)33(24)17-37-14-15-38(3,4)5/h10-13,16,18-20,30H,6-9,14-15,17H2,1-5H3,(H,35,36)(H,28,31,34). The van der Waals surface area contributed by atoms with Crippen molar-refractivity contribution in [3.8, 4) is 11.5 Å². The van der Waals surface area contributed by atoms with Crippen LogP contribution in [0.2, 0.25) is 25.7 Å². The zero-order valence-electron chi connectivity index (χ0n) is 23.0. The van der Waals surface area contributed by atoms with E-state index in [1.54, 1.807) is 12.4 Å². The fourth-order valence-electron chi connectivity index (χ4n) is 5.15. The molecule has 1 atom stereocenters. The first-order valence-corrected chi connectivity index (χ1v) is 17.1. The predicted octanol–water partition coefficient (Wildman–Crippen LogP) is 5.15. The summed E-state index contributed by atoms with van der Waals surface area (Å²) in [5.74, 6) is 0.939. The first-order chi connectivity index (χ1) is 18.0. The molecule has 0 aliphatic heterocycles. The molecule has 0 bridgehead atoms. The van der Waals surface area contributed by atoms with E-state index in [0.717, 1.165) is 60.0 Å². The van der Waals surface area contributed by atoms with Gasteiger partial charge in [0.05, 0.1) is 11.4 Å². The average molecular weight is 541 g/mol. The Hall–Kier alpha value is -3.18. The van der Waals surface area contributed by atoms with Gasteiger partial charge in [-0.2, -0.15) is 0 Å². The van der Waals surface area contributed by atoms with E-state index in [9.17, 15) is 9.59 Å². The summed E-state index contributed by atoms with van der Waals surface area (Å²) >= 11 is 0. The number of hydrogen-bond acceptors (Lipinski definition) is 5. The van der Waals surface area contributed by atoms with Gasteiger partial charge in [0.2, 0.25) is 5.91 Å². The number of carbonyl (C=O) groups is 2. The average Bonchev–Trinajstić information content (AvgIpc) is 3.44. The molecule has 0 aromatic carbocycles. The number of anilines is 1. The molecular formula is C27H40N6O4Si. The maximum absolute atomic E-state index is 13.3. The van der Waals surface area contributed by atoms with Gasteiger partial charge >= 0.3 is 6.09 Å². The lowest BCUT2D eigenvalue weighted by Crippen LogP contribution is -2.39. The number of imidazole rings is 1. The van der Waals surface area contributed by atoms with Crippen molar-refractivity contribution in [2.24, 2.45) is 18.9 Å². The van der Waals surface area contributed by atoms with Crippen LogP contribution in [0.4, 0.5) is 10.5 Å². The van der Waals surface area contributed by atoms with Crippen molar-refractivity contribution in [2.45, 2.75) is 71.1 Å². The molecule has 3 N–H and O–H groups in total. The van der Waals surface area contributed by atoms with Gasteiger partial charge in [-0.15, -0.1) is 0 Å². The van der Waals surface area contributed by atoms with Gasteiger partial charge in [-0.05, 0) is 56.7 Å². The Morgan fingerprint density at radius 3 is 2.55 bits per heavy atom. The molecule has 3 aromatic heterocycles. The second kappa shape index (κ2) is 11.7. The molecule has 0 spiro atoms. The minimum absolute atomic E-state index is 0.00697. The van der Waals surface area contributed by atoms with Crippen molar-refractivity contribution in [1.82, 2.24) is 24.4 Å². The van der Waals surface area contributed by atoms with Crippen LogP contribution in [0, 0.1) is 11.8 Å². The fourth-order valence-corrected chi connectivity index (χ4v) is 5.91. The number of hydrogen-bond donors (Lipinski definition) is 3. The van der Waals surface area contributed by atoms with E-state index < -0.39 is 14.2 Å². The molecular weight excluding hydrogens is 500 g/mol. The Balaban J connectivity index is 1.52. The van der Waals surface area contributed by atoms with Gasteiger partial charge in [0.1, 0.15) is 12.4 Å². The fraction of sp³-hybridized carbons (Fsp3) is 0.556. The molecule has 3 heterocycles. The number of pyridine rings is 1. The Kier molecular flexibility index (Phi) is 8.56. The number of aryl methyl sites for hydroxylation is 1. The van der Waals surface area contributed by atoms with Gasteiger partial charge < -0.3 is 25.0 Å². The number of aromatic nitrogens is 4. The summed E-state index contributed by atoms with van der Waals surface area (Å²) in [4.78, 5) is 33.4. The number of fused-ring (bicyclic) bond motifs is 1. The zero-order chi connectivity index (χ0) is 27.4. The zero-order valence-corrected chi connectivity index (χ0v) is 24.0. The van der Waals surface area contributed by atoms with Crippen molar-refractivity contribution in [2.75, 3.05) is 11.9 Å². The molecule has 11 heteroatoms. The molecule has 2 amide bonds. The second-order valence-electron chi connectivity index (χ2n) is 11.6. The van der Waals surface area contributed by atoms with Crippen LogP contribution in [0.25, 0.3) is 22.6 Å². The van der Waals surface area contributed by atoms with Crippen LogP contribution in [-0.2, 0) is 23.3 Å². The molecule has 10 nitrogen and oxygen atoms in total. The van der Waals surface area contributed by atoms with E-state index in [1.807, 2.05) is 41.4 Å². The van der Waals surface area contributed by atoms with Crippen molar-refractivity contribution >= 4 is 36.8 Å². The minimum atomic E-state index is -1.21. The highest BCUT2D eigenvalue weighted by molar-refractivity contribution is 6.76. The maximum atomic E-state index is 13.3. The minimum Gasteiger partial charge on any atom is -0.465 e. The van der Waals surface area contributed by atoms with E-state index in [2.05, 4.69) is 40.2 Å². The number of carbonyl (C=O) groups excluding carboxylic acids is 1. The summed E-state index contributed by atoms with van der Waals surface area (Å²) in [6, 6.07) is 4.82. The molecule has 206 valence electrons. The van der Waals surface area contributed by atoms with E-state index in [0.29, 0.717) is 13.3 Å². The Bertz CT molecular complexity index is 1270. The third-order valence-corrected chi connectivity index (χ3v) is 9.23. The van der Waals surface area contributed by atoms with Crippen molar-refractivity contribution in [1.29, 1.82) is 0 Å². The summed E-state index contributed by atoms with van der Waals surface area (Å²) < 4.78 is 10.1. The predicted molar refractivity (Wildman–Crippen MR) is 151 cm³/mol. The van der Waals surface area contributed by atoms with Gasteiger partial charge in [-0.3, -0.25) is 9.36 Å². The Labute approximate surface area is 224 Å². The maximum Gasteiger partial charge on any atom is 0.404 e. The third kappa shape index (κ3) is 6.62. The third-order valence-electron chi connectivity index (χ3n) is 7.52. The SMILES string of the molecule is CC(NC(=O)O)C1CCC(C(=O)Nc2ccnc3c2cc(-c2nccn2C)n3COCC[Si](C)(C)C)CC1. The summed E-state index contributed by atoms with van der Waals surface area (Å²) in [7, 11) is 0.740. The van der Waals surface area contributed by atoms with Crippen molar-refractivity contribution in [3.63, 3.8) is 0 Å². The monoisotopic (exact) mass is 540 g/mol. The van der Waals surface area contributed by atoms with E-state index in [-0.39, 0.29) is 23.8 Å². The molecule has 1 fully saturated rings. The first kappa shape index (κ1) is 27.8. The largest absolute Gasteiger partial charge is 0.465 e. The molecule has 0 saturated heterocycles. The molecule has 0 radical (unpaired) electrons. The van der Waals surface area contributed by atoms with E-state index in [1.165, 1.54) is 0 Å². The highest BCUT2D eigenvalue weighted by atomic mass is 28.3. The van der Waals surface area contributed by atoms with Crippen LogP contribution in [0.5, 0.6) is 0 Å². The van der Waals surface area contributed by atoms with Crippen molar-refractivity contribution in [3.05, 3.63) is 30.7 Å². The van der Waals surface area contributed by atoms with Crippen LogP contribution in [0.1, 0.15) is 32.6 Å². The number of carboxylic acid groups (broad SMARTS) is 1. The molecule has 4 rings (SSSR count). The molecule has 3 aromatic rings. The normalized spacial score (nSPS) is 18.9. The van der Waals surface area contributed by atoms with Crippen LogP contribution >= 0.6 is 0 Å². The van der Waals surface area contributed by atoms with E-state index >= 15 is 0 Å². The van der Waals surface area contributed by atoms with Crippen LogP contribution in [0.15, 0.2) is 30.7 Å². The van der Waals surface area contributed by atoms with Gasteiger partial charge in [-0.1, -0.05) is 19.6 Å². The summed E-state index contributed by atoms with van der Waals surface area (Å²) in [5, 5.41) is 15.6. The second-order valence-corrected chi connectivity index (χ2v) is 17.2. The van der Waals surface area contributed by atoms with E-state index in [4.69, 9.17) is 9.84 Å². The quantitative estimate of drug-likeness (QED) is 0.241. The molecule has 1 saturated carbocycles. The van der Waals surface area contributed by atoms with Gasteiger partial charge in [0.15, 0.2) is 5.82 Å². The lowest BCUT2D eigenvalue weighted by atomic mass is 9.78. The molecule has 1 aliphatic carbocycles. The van der Waals surface area contributed by atoms with Crippen LogP contribution in [-0.4, -0.2) is 56.9 Å². The Morgan fingerprint density at radius 2 is 1.92 bits per heavy atom. The number of rotatable bonds is 10. The highest BCUT2D eigenvalue weighted by Gasteiger charge is 2.30. The van der Waals surface area contributed by atoms with Gasteiger partial charge in [0, 0.05) is 57.7 Å². The van der Waals surface area contributed by atoms with Gasteiger partial charge in [0.25, 0.3) is 0 Å². The lowest BCUT2D eigenvalue weighted by Gasteiger charge is -2.31. The topological polar surface area (TPSA) is 123 Å². The summed E-state index contributed by atoms with van der Waals surface area (Å²) in [6.45, 7) is 9.93. The smallest absolute Gasteiger partial charge is 0.404 e. The highest BCUT2D eigenvalue weighted by Crippen LogP contribution is 2.34. The summed E-state index contributed by atoms with van der Waals surface area (Å²) in [6.07, 6.45) is 7.50. The number of ether oxygens (including phenoxy) is 1. The van der Waals surface area contributed by atoms with Crippen LogP contribution in [0.3, 0.4) is 0 Å². The lowest BCUT2D eigenvalue weighted by molar-refractivity contribution is -0.121. The molecule has 1 aliphatic rings. The van der Waals surface area contributed by atoms with Gasteiger partial charge in [-0.25, -0.2) is 14.8 Å². The number of amides is 2.